The average molecular weight is 223 g/mol. The second kappa shape index (κ2) is 4.71. The highest BCUT2D eigenvalue weighted by molar-refractivity contribution is 7.80. The minimum Gasteiger partial charge on any atom is -0.496 e. The van der Waals surface area contributed by atoms with Gasteiger partial charge < -0.3 is 9.47 Å². The van der Waals surface area contributed by atoms with Crippen LogP contribution < -0.4 is 4.74 Å². The van der Waals surface area contributed by atoms with Crippen molar-refractivity contribution in [2.75, 3.05) is 14.2 Å². The Morgan fingerprint density at radius 2 is 2.13 bits per heavy atom. The molecular weight excluding hydrogens is 214 g/mol. The molecular formula is C10H9NO3S. The predicted molar refractivity (Wildman–Crippen MR) is 56.3 cm³/mol. The van der Waals surface area contributed by atoms with Gasteiger partial charge in [0.05, 0.1) is 25.3 Å². The van der Waals surface area contributed by atoms with Gasteiger partial charge in [0.25, 0.3) is 0 Å². The lowest BCUT2D eigenvalue weighted by atomic mass is 10.1. The van der Waals surface area contributed by atoms with Crippen molar-refractivity contribution in [3.05, 3.63) is 23.3 Å². The van der Waals surface area contributed by atoms with Crippen LogP contribution in [0.4, 0.5) is 0 Å². The Morgan fingerprint density at radius 3 is 2.60 bits per heavy atom. The maximum Gasteiger partial charge on any atom is 0.339 e. The number of carbonyl (C=O) groups is 1. The van der Waals surface area contributed by atoms with Crippen molar-refractivity contribution in [1.82, 2.24) is 0 Å². The van der Waals surface area contributed by atoms with Gasteiger partial charge >= 0.3 is 5.97 Å². The number of esters is 1. The molecule has 78 valence electrons. The van der Waals surface area contributed by atoms with Crippen LogP contribution >= 0.6 is 12.6 Å². The summed E-state index contributed by atoms with van der Waals surface area (Å²) in [6.45, 7) is 0. The van der Waals surface area contributed by atoms with Crippen LogP contribution in [0, 0.1) is 11.3 Å². The van der Waals surface area contributed by atoms with Crippen molar-refractivity contribution < 1.29 is 14.3 Å². The van der Waals surface area contributed by atoms with E-state index < -0.39 is 5.97 Å². The molecule has 0 aliphatic rings. The Labute approximate surface area is 92.8 Å². The molecule has 1 aromatic carbocycles. The number of methoxy groups -OCH3 is 2. The third-order valence-electron chi connectivity index (χ3n) is 1.84. The monoisotopic (exact) mass is 223 g/mol. The van der Waals surface area contributed by atoms with E-state index in [1.165, 1.54) is 26.4 Å². The predicted octanol–water partition coefficient (Wildman–Crippen LogP) is 1.64. The largest absolute Gasteiger partial charge is 0.496 e. The van der Waals surface area contributed by atoms with Crippen LogP contribution in [-0.2, 0) is 4.74 Å². The van der Waals surface area contributed by atoms with Crippen LogP contribution in [0.5, 0.6) is 5.75 Å². The van der Waals surface area contributed by atoms with E-state index in [1.807, 2.05) is 6.07 Å². The molecule has 0 heterocycles. The molecule has 1 aromatic rings. The number of hydrogen-bond donors (Lipinski definition) is 1. The number of thiol groups is 1. The zero-order valence-electron chi connectivity index (χ0n) is 8.27. The van der Waals surface area contributed by atoms with Crippen molar-refractivity contribution in [3.8, 4) is 11.8 Å². The zero-order valence-corrected chi connectivity index (χ0v) is 9.17. The van der Waals surface area contributed by atoms with Crippen LogP contribution in [-0.4, -0.2) is 20.2 Å². The number of hydrogen-bond acceptors (Lipinski definition) is 5. The molecule has 5 heteroatoms. The first-order valence-electron chi connectivity index (χ1n) is 4.03. The van der Waals surface area contributed by atoms with Gasteiger partial charge in [-0.2, -0.15) is 5.26 Å². The van der Waals surface area contributed by atoms with Gasteiger partial charge in [0.2, 0.25) is 0 Å². The first-order valence-corrected chi connectivity index (χ1v) is 4.48. The fourth-order valence-corrected chi connectivity index (χ4v) is 1.39. The number of carbonyl (C=O) groups excluding carboxylic acids is 1. The van der Waals surface area contributed by atoms with Crippen LogP contribution in [0.1, 0.15) is 15.9 Å². The third kappa shape index (κ3) is 2.22. The summed E-state index contributed by atoms with van der Waals surface area (Å²) in [6.07, 6.45) is 0. The van der Waals surface area contributed by atoms with Crippen molar-refractivity contribution in [2.45, 2.75) is 4.90 Å². The molecule has 0 unspecified atom stereocenters. The van der Waals surface area contributed by atoms with E-state index in [0.717, 1.165) is 0 Å². The smallest absolute Gasteiger partial charge is 0.339 e. The molecule has 0 radical (unpaired) electrons. The minimum atomic E-state index is -0.565. The lowest BCUT2D eigenvalue weighted by Gasteiger charge is -2.07. The molecule has 0 aliphatic heterocycles. The van der Waals surface area contributed by atoms with Gasteiger partial charge in [0.15, 0.2) is 0 Å². The Bertz CT molecular complexity index is 437. The Kier molecular flexibility index (Phi) is 3.58. The normalized spacial score (nSPS) is 9.20. The molecule has 0 saturated carbocycles. The molecule has 15 heavy (non-hydrogen) atoms. The lowest BCUT2D eigenvalue weighted by Crippen LogP contribution is -2.04. The molecule has 0 spiro atoms. The van der Waals surface area contributed by atoms with E-state index >= 15 is 0 Å². The second-order valence-electron chi connectivity index (χ2n) is 2.67. The standard InChI is InChI=1S/C10H9NO3S/c1-13-8-3-6(5-11)7(4-9(8)15)10(12)14-2/h3-4,15H,1-2H3. The van der Waals surface area contributed by atoms with E-state index in [0.29, 0.717) is 10.6 Å². The summed E-state index contributed by atoms with van der Waals surface area (Å²) in [5, 5.41) is 8.84. The van der Waals surface area contributed by atoms with E-state index in [-0.39, 0.29) is 11.1 Å². The van der Waals surface area contributed by atoms with E-state index in [2.05, 4.69) is 17.4 Å². The lowest BCUT2D eigenvalue weighted by molar-refractivity contribution is 0.0600. The molecule has 0 N–H and O–H groups in total. The summed E-state index contributed by atoms with van der Waals surface area (Å²) in [7, 11) is 2.72. The third-order valence-corrected chi connectivity index (χ3v) is 2.19. The highest BCUT2D eigenvalue weighted by Crippen LogP contribution is 2.26. The molecule has 0 aliphatic carbocycles. The number of rotatable bonds is 2. The zero-order chi connectivity index (χ0) is 11.4. The molecule has 0 fully saturated rings. The second-order valence-corrected chi connectivity index (χ2v) is 3.15. The molecule has 1 rings (SSSR count). The van der Waals surface area contributed by atoms with E-state index in [4.69, 9.17) is 10.00 Å². The van der Waals surface area contributed by atoms with Crippen LogP contribution in [0.25, 0.3) is 0 Å². The van der Waals surface area contributed by atoms with Crippen molar-refractivity contribution in [2.24, 2.45) is 0 Å². The molecule has 4 nitrogen and oxygen atoms in total. The Morgan fingerprint density at radius 1 is 1.47 bits per heavy atom. The molecule has 0 atom stereocenters. The fraction of sp³-hybridized carbons (Fsp3) is 0.200. The SMILES string of the molecule is COC(=O)c1cc(S)c(OC)cc1C#N. The first kappa shape index (κ1) is 11.4. The van der Waals surface area contributed by atoms with Gasteiger partial charge in [0, 0.05) is 4.90 Å². The summed E-state index contributed by atoms with van der Waals surface area (Å²) in [5.74, 6) is -0.118. The molecule has 0 aromatic heterocycles. The van der Waals surface area contributed by atoms with E-state index in [1.54, 1.807) is 0 Å². The van der Waals surface area contributed by atoms with Crippen LogP contribution in [0.2, 0.25) is 0 Å². The fourth-order valence-electron chi connectivity index (χ4n) is 1.10. The average Bonchev–Trinajstić information content (AvgIpc) is 2.27. The first-order chi connectivity index (χ1) is 7.13. The summed E-state index contributed by atoms with van der Waals surface area (Å²) in [5.41, 5.74) is 0.391. The summed E-state index contributed by atoms with van der Waals surface area (Å²) in [6, 6.07) is 4.80. The number of benzene rings is 1. The maximum atomic E-state index is 11.3. The van der Waals surface area contributed by atoms with Crippen molar-refractivity contribution in [3.63, 3.8) is 0 Å². The highest BCUT2D eigenvalue weighted by atomic mass is 32.1. The maximum absolute atomic E-state index is 11.3. The number of nitriles is 1. The number of ether oxygens (including phenoxy) is 2. The summed E-state index contributed by atoms with van der Waals surface area (Å²) < 4.78 is 9.52. The topological polar surface area (TPSA) is 59.3 Å². The van der Waals surface area contributed by atoms with Gasteiger partial charge in [-0.15, -0.1) is 12.6 Å². The Hall–Kier alpha value is -1.67. The summed E-state index contributed by atoms with van der Waals surface area (Å²) >= 11 is 4.12. The van der Waals surface area contributed by atoms with E-state index in [9.17, 15) is 4.79 Å². The molecule has 0 bridgehead atoms. The van der Waals surface area contributed by atoms with Crippen molar-refractivity contribution >= 4 is 18.6 Å². The molecule has 0 saturated heterocycles. The van der Waals surface area contributed by atoms with Gasteiger partial charge in [-0.25, -0.2) is 4.79 Å². The van der Waals surface area contributed by atoms with Crippen LogP contribution in [0.15, 0.2) is 17.0 Å². The summed E-state index contributed by atoms with van der Waals surface area (Å²) in [4.78, 5) is 11.8. The highest BCUT2D eigenvalue weighted by Gasteiger charge is 2.14. The van der Waals surface area contributed by atoms with Gasteiger partial charge in [0.1, 0.15) is 11.8 Å². The number of nitrogens with zero attached hydrogens (tertiary/aromatic N) is 1. The van der Waals surface area contributed by atoms with Gasteiger partial charge in [-0.1, -0.05) is 0 Å². The van der Waals surface area contributed by atoms with Gasteiger partial charge in [-0.05, 0) is 12.1 Å². The van der Waals surface area contributed by atoms with Gasteiger partial charge in [-0.3, -0.25) is 0 Å². The minimum absolute atomic E-state index is 0.186. The Balaban J connectivity index is 3.35. The van der Waals surface area contributed by atoms with Crippen LogP contribution in [0.3, 0.4) is 0 Å². The quantitative estimate of drug-likeness (QED) is 0.611. The van der Waals surface area contributed by atoms with Crippen molar-refractivity contribution in [1.29, 1.82) is 5.26 Å². The molecule has 0 amide bonds.